The Morgan fingerprint density at radius 3 is 1.34 bits per heavy atom. The zero-order chi connectivity index (χ0) is 38.6. The molecule has 0 bridgehead atoms. The van der Waals surface area contributed by atoms with E-state index in [4.69, 9.17) is 9.97 Å². The van der Waals surface area contributed by atoms with E-state index in [-0.39, 0.29) is 5.43 Å². The zero-order valence-corrected chi connectivity index (χ0v) is 31.3. The summed E-state index contributed by atoms with van der Waals surface area (Å²) in [6.45, 7) is 0. The number of benzene rings is 8. The maximum Gasteiger partial charge on any atom is 0.235 e. The van der Waals surface area contributed by atoms with Crippen LogP contribution in [0.3, 0.4) is 0 Å². The molecule has 0 aliphatic carbocycles. The van der Waals surface area contributed by atoms with Gasteiger partial charge in [0.15, 0.2) is 5.43 Å². The quantitative estimate of drug-likeness (QED) is 0.159. The summed E-state index contributed by atoms with van der Waals surface area (Å²) >= 11 is 0. The van der Waals surface area contributed by atoms with Gasteiger partial charge in [-0.2, -0.15) is 0 Å². The molecule has 272 valence electrons. The van der Waals surface area contributed by atoms with E-state index in [0.29, 0.717) is 16.7 Å². The van der Waals surface area contributed by atoms with Gasteiger partial charge < -0.3 is 4.57 Å². The molecule has 0 atom stereocenters. The fourth-order valence-corrected chi connectivity index (χ4v) is 8.36. The SMILES string of the molecule is O=c1c2ccccc2n(-c2ccc(-c3ccccc3)cc2)c2ccc(-c3ccc4c(c3)c3ccccc3n4-c3nc(-c4ccccc4)cc(-c4ccccc4)n3)cc12. The van der Waals surface area contributed by atoms with Crippen molar-refractivity contribution in [1.29, 1.82) is 0 Å². The second kappa shape index (κ2) is 13.7. The van der Waals surface area contributed by atoms with E-state index in [1.165, 1.54) is 5.56 Å². The first-order valence-corrected chi connectivity index (χ1v) is 19.5. The standard InChI is InChI=1S/C53H34N4O/c58-52-43-21-11-13-23-49(43)56(41-28-24-36(25-29-41)35-14-4-1-5-15-35)51-31-27-40(33-45(51)52)39-26-30-50-44(32-39)42-20-10-12-22-48(42)57(50)53-54-46(37-16-6-2-7-17-37)34-47(55-53)38-18-8-3-9-19-38/h1-34H. The summed E-state index contributed by atoms with van der Waals surface area (Å²) < 4.78 is 4.37. The Labute approximate surface area is 334 Å². The highest BCUT2D eigenvalue weighted by atomic mass is 16.1. The van der Waals surface area contributed by atoms with Crippen molar-refractivity contribution in [1.82, 2.24) is 19.1 Å². The van der Waals surface area contributed by atoms with Crippen LogP contribution in [0.4, 0.5) is 0 Å². The van der Waals surface area contributed by atoms with E-state index in [0.717, 1.165) is 77.7 Å². The lowest BCUT2D eigenvalue weighted by atomic mass is 9.99. The number of rotatable bonds is 6. The molecule has 0 spiro atoms. The molecule has 0 aliphatic rings. The average Bonchev–Trinajstić information content (AvgIpc) is 3.64. The Morgan fingerprint density at radius 1 is 0.310 bits per heavy atom. The number of aromatic nitrogens is 4. The molecular weight excluding hydrogens is 709 g/mol. The molecule has 0 radical (unpaired) electrons. The van der Waals surface area contributed by atoms with Gasteiger partial charge in [0.1, 0.15) is 0 Å². The number of hydrogen-bond acceptors (Lipinski definition) is 3. The minimum Gasteiger partial charge on any atom is -0.309 e. The smallest absolute Gasteiger partial charge is 0.235 e. The molecule has 0 saturated carbocycles. The molecule has 8 aromatic carbocycles. The van der Waals surface area contributed by atoms with Crippen molar-refractivity contribution in [3.63, 3.8) is 0 Å². The van der Waals surface area contributed by atoms with Crippen molar-refractivity contribution in [2.45, 2.75) is 0 Å². The second-order valence-corrected chi connectivity index (χ2v) is 14.6. The third-order valence-electron chi connectivity index (χ3n) is 11.2. The van der Waals surface area contributed by atoms with Gasteiger partial charge in [-0.05, 0) is 82.9 Å². The van der Waals surface area contributed by atoms with Gasteiger partial charge in [-0.1, -0.05) is 146 Å². The van der Waals surface area contributed by atoms with E-state index in [1.54, 1.807) is 0 Å². The minimum absolute atomic E-state index is 0.0203. The molecule has 5 nitrogen and oxygen atoms in total. The van der Waals surface area contributed by atoms with E-state index in [1.807, 2.05) is 66.7 Å². The summed E-state index contributed by atoms with van der Waals surface area (Å²) in [7, 11) is 0. The summed E-state index contributed by atoms with van der Waals surface area (Å²) in [6, 6.07) is 70.7. The normalized spacial score (nSPS) is 11.5. The lowest BCUT2D eigenvalue weighted by Crippen LogP contribution is -2.10. The van der Waals surface area contributed by atoms with Gasteiger partial charge in [-0.25, -0.2) is 9.97 Å². The topological polar surface area (TPSA) is 52.7 Å². The van der Waals surface area contributed by atoms with E-state index in [9.17, 15) is 4.79 Å². The second-order valence-electron chi connectivity index (χ2n) is 14.6. The van der Waals surface area contributed by atoms with Gasteiger partial charge in [0.05, 0.1) is 33.5 Å². The van der Waals surface area contributed by atoms with Crippen molar-refractivity contribution >= 4 is 43.6 Å². The zero-order valence-electron chi connectivity index (χ0n) is 31.3. The summed E-state index contributed by atoms with van der Waals surface area (Å²) in [6.07, 6.45) is 0. The van der Waals surface area contributed by atoms with E-state index >= 15 is 0 Å². The van der Waals surface area contributed by atoms with Crippen LogP contribution in [0.25, 0.3) is 100 Å². The minimum atomic E-state index is 0.0203. The van der Waals surface area contributed by atoms with Gasteiger partial charge in [0.25, 0.3) is 0 Å². The molecule has 0 N–H and O–H groups in total. The molecule has 11 rings (SSSR count). The molecule has 0 saturated heterocycles. The highest BCUT2D eigenvalue weighted by Gasteiger charge is 2.19. The highest BCUT2D eigenvalue weighted by Crippen LogP contribution is 2.37. The van der Waals surface area contributed by atoms with Gasteiger partial charge >= 0.3 is 0 Å². The van der Waals surface area contributed by atoms with Gasteiger partial charge in [-0.15, -0.1) is 0 Å². The molecule has 3 aromatic heterocycles. The van der Waals surface area contributed by atoms with E-state index in [2.05, 4.69) is 149 Å². The van der Waals surface area contributed by atoms with E-state index < -0.39 is 0 Å². The van der Waals surface area contributed by atoms with Crippen LogP contribution in [0.5, 0.6) is 0 Å². The Hall–Kier alpha value is -7.89. The first-order valence-electron chi connectivity index (χ1n) is 19.5. The van der Waals surface area contributed by atoms with Crippen LogP contribution in [0.15, 0.2) is 211 Å². The molecule has 3 heterocycles. The number of fused-ring (bicyclic) bond motifs is 5. The molecule has 0 amide bonds. The lowest BCUT2D eigenvalue weighted by Gasteiger charge is -2.17. The van der Waals surface area contributed by atoms with Gasteiger partial charge in [-0.3, -0.25) is 9.36 Å². The fraction of sp³-hybridized carbons (Fsp3) is 0. The molecule has 0 aliphatic heterocycles. The summed E-state index contributed by atoms with van der Waals surface area (Å²) in [5, 5.41) is 3.54. The van der Waals surface area contributed by atoms with Crippen LogP contribution in [0, 0.1) is 0 Å². The highest BCUT2D eigenvalue weighted by molar-refractivity contribution is 6.10. The third kappa shape index (κ3) is 5.60. The molecule has 58 heavy (non-hydrogen) atoms. The summed E-state index contributed by atoms with van der Waals surface area (Å²) in [5.41, 5.74) is 12.8. The maximum absolute atomic E-state index is 14.3. The van der Waals surface area contributed by atoms with Crippen molar-refractivity contribution in [2.24, 2.45) is 0 Å². The first kappa shape index (κ1) is 33.4. The van der Waals surface area contributed by atoms with Crippen LogP contribution in [0.2, 0.25) is 0 Å². The van der Waals surface area contributed by atoms with Crippen molar-refractivity contribution in [3.8, 4) is 56.4 Å². The van der Waals surface area contributed by atoms with Gasteiger partial charge in [0.2, 0.25) is 5.95 Å². The molecule has 5 heteroatoms. The molecular formula is C53H34N4O. The van der Waals surface area contributed by atoms with Crippen molar-refractivity contribution in [3.05, 3.63) is 216 Å². The lowest BCUT2D eigenvalue weighted by molar-refractivity contribution is 0.995. The molecule has 0 unspecified atom stereocenters. The Kier molecular flexibility index (Phi) is 7.90. The van der Waals surface area contributed by atoms with Crippen LogP contribution in [-0.4, -0.2) is 19.1 Å². The van der Waals surface area contributed by atoms with Crippen LogP contribution < -0.4 is 5.43 Å². The maximum atomic E-state index is 14.3. The van der Waals surface area contributed by atoms with Crippen LogP contribution >= 0.6 is 0 Å². The Balaban J connectivity index is 1.07. The number of nitrogens with zero attached hydrogens (tertiary/aromatic N) is 4. The van der Waals surface area contributed by atoms with Crippen LogP contribution in [-0.2, 0) is 0 Å². The fourth-order valence-electron chi connectivity index (χ4n) is 8.36. The largest absolute Gasteiger partial charge is 0.309 e. The Morgan fingerprint density at radius 2 is 0.741 bits per heavy atom. The van der Waals surface area contributed by atoms with Crippen LogP contribution in [0.1, 0.15) is 0 Å². The number of hydrogen-bond donors (Lipinski definition) is 0. The molecule has 0 fully saturated rings. The number of pyridine rings is 1. The third-order valence-corrected chi connectivity index (χ3v) is 11.2. The predicted molar refractivity (Wildman–Crippen MR) is 239 cm³/mol. The number of para-hydroxylation sites is 2. The first-order chi connectivity index (χ1) is 28.7. The monoisotopic (exact) mass is 742 g/mol. The van der Waals surface area contributed by atoms with Crippen molar-refractivity contribution in [2.75, 3.05) is 0 Å². The molecule has 11 aromatic rings. The Bertz CT molecular complexity index is 3330. The summed E-state index contributed by atoms with van der Waals surface area (Å²) in [5.74, 6) is 0.606. The predicted octanol–water partition coefficient (Wildman–Crippen LogP) is 12.7. The van der Waals surface area contributed by atoms with Crippen molar-refractivity contribution < 1.29 is 0 Å². The average molecular weight is 743 g/mol. The summed E-state index contributed by atoms with van der Waals surface area (Å²) in [4.78, 5) is 24.6. The van der Waals surface area contributed by atoms with Gasteiger partial charge in [0, 0.05) is 38.4 Å².